The fourth-order valence-electron chi connectivity index (χ4n) is 8.95. The van der Waals surface area contributed by atoms with Gasteiger partial charge in [-0.2, -0.15) is 0 Å². The Bertz CT molecular complexity index is 1040. The van der Waals surface area contributed by atoms with Gasteiger partial charge >= 0.3 is 0 Å². The van der Waals surface area contributed by atoms with Crippen LogP contribution in [0.1, 0.15) is 83.0 Å². The third kappa shape index (κ3) is 4.05. The Hall–Kier alpha value is -1.72. The van der Waals surface area contributed by atoms with E-state index >= 15 is 0 Å². The number of hydrogen-bond donors (Lipinski definition) is 0. The van der Waals surface area contributed by atoms with Gasteiger partial charge in [0.15, 0.2) is 0 Å². The van der Waals surface area contributed by atoms with Gasteiger partial charge in [-0.15, -0.1) is 0 Å². The third-order valence-corrected chi connectivity index (χ3v) is 11.1. The number of likely N-dealkylation sites (tertiary alicyclic amines) is 1. The minimum atomic E-state index is -0.746. The number of benzene rings is 1. The lowest BCUT2D eigenvalue weighted by atomic mass is 9.47. The maximum absolute atomic E-state index is 13.6. The lowest BCUT2D eigenvalue weighted by molar-refractivity contribution is -0.136. The SMILES string of the molecule is C[Si](C)OC[C@]12CC[C@H]3[C@@H](CC=C4N(C(=O)c5ccccc5)C(=O)CC[C@@]43C)[C@@H]1CC[C@@H]2C(C)(C)C. The Morgan fingerprint density at radius 1 is 1.08 bits per heavy atom. The molecule has 36 heavy (non-hydrogen) atoms. The number of imide groups is 1. The predicted molar refractivity (Wildman–Crippen MR) is 145 cm³/mol. The van der Waals surface area contributed by atoms with Gasteiger partial charge in [0.2, 0.25) is 14.9 Å². The number of piperidine rings is 1. The van der Waals surface area contributed by atoms with Crippen molar-refractivity contribution in [2.75, 3.05) is 6.61 Å². The molecule has 0 bridgehead atoms. The molecule has 3 fully saturated rings. The molecule has 1 radical (unpaired) electrons. The first kappa shape index (κ1) is 25.9. The zero-order valence-corrected chi connectivity index (χ0v) is 24.1. The largest absolute Gasteiger partial charge is 0.417 e. The summed E-state index contributed by atoms with van der Waals surface area (Å²) in [6.07, 6.45) is 9.52. The number of fused-ring (bicyclic) bond motifs is 5. The lowest BCUT2D eigenvalue weighted by Crippen LogP contribution is -2.57. The molecule has 0 spiro atoms. The molecular formula is C31H44NO3Si. The van der Waals surface area contributed by atoms with Crippen LogP contribution in [0, 0.1) is 39.9 Å². The Kier molecular flexibility index (Phi) is 6.64. The van der Waals surface area contributed by atoms with E-state index in [4.69, 9.17) is 4.43 Å². The zero-order chi connectivity index (χ0) is 25.9. The Morgan fingerprint density at radius 2 is 1.81 bits per heavy atom. The highest BCUT2D eigenvalue weighted by molar-refractivity contribution is 6.48. The monoisotopic (exact) mass is 506 g/mol. The van der Waals surface area contributed by atoms with Crippen molar-refractivity contribution in [3.05, 3.63) is 47.7 Å². The molecule has 2 saturated carbocycles. The molecule has 195 valence electrons. The van der Waals surface area contributed by atoms with Gasteiger partial charge < -0.3 is 4.43 Å². The first-order valence-corrected chi connectivity index (χ1v) is 16.5. The van der Waals surface area contributed by atoms with Gasteiger partial charge in [-0.3, -0.25) is 14.5 Å². The average molecular weight is 507 g/mol. The number of rotatable bonds is 4. The van der Waals surface area contributed by atoms with Gasteiger partial charge in [-0.05, 0) is 98.3 Å². The molecule has 1 aliphatic heterocycles. The molecule has 4 nitrogen and oxygen atoms in total. The van der Waals surface area contributed by atoms with Crippen LogP contribution in [0.15, 0.2) is 42.1 Å². The second-order valence-electron chi connectivity index (χ2n) is 13.5. The molecule has 6 atom stereocenters. The normalized spacial score (nSPS) is 36.2. The van der Waals surface area contributed by atoms with Gasteiger partial charge in [0.05, 0.1) is 0 Å². The first-order chi connectivity index (χ1) is 17.0. The van der Waals surface area contributed by atoms with E-state index in [2.05, 4.69) is 46.9 Å². The molecule has 1 aromatic carbocycles. The van der Waals surface area contributed by atoms with Crippen LogP contribution < -0.4 is 0 Å². The van der Waals surface area contributed by atoms with Crippen molar-refractivity contribution in [2.45, 2.75) is 85.7 Å². The molecule has 1 aromatic rings. The van der Waals surface area contributed by atoms with E-state index < -0.39 is 9.04 Å². The van der Waals surface area contributed by atoms with Crippen LogP contribution in [0.3, 0.4) is 0 Å². The number of carbonyl (C=O) groups is 2. The molecule has 1 heterocycles. The van der Waals surface area contributed by atoms with E-state index in [0.29, 0.717) is 35.7 Å². The Balaban J connectivity index is 1.50. The predicted octanol–water partition coefficient (Wildman–Crippen LogP) is 7.10. The number of amides is 2. The Morgan fingerprint density at radius 3 is 2.47 bits per heavy atom. The van der Waals surface area contributed by atoms with Crippen LogP contribution in [-0.4, -0.2) is 32.4 Å². The summed E-state index contributed by atoms with van der Waals surface area (Å²) < 4.78 is 6.52. The van der Waals surface area contributed by atoms with Crippen molar-refractivity contribution >= 4 is 20.9 Å². The molecule has 5 heteroatoms. The second-order valence-corrected chi connectivity index (χ2v) is 15.6. The molecule has 0 unspecified atom stereocenters. The maximum Gasteiger partial charge on any atom is 0.264 e. The molecule has 5 rings (SSSR count). The summed E-state index contributed by atoms with van der Waals surface area (Å²) in [6, 6.07) is 9.31. The quantitative estimate of drug-likeness (QED) is 0.323. The fraction of sp³-hybridized carbons (Fsp3) is 0.677. The molecule has 3 aliphatic carbocycles. The van der Waals surface area contributed by atoms with Gasteiger partial charge in [0.25, 0.3) is 5.91 Å². The second kappa shape index (κ2) is 9.23. The molecule has 2 amide bonds. The lowest BCUT2D eigenvalue weighted by Gasteiger charge is -2.60. The number of carbonyl (C=O) groups excluding carboxylic acids is 2. The van der Waals surface area contributed by atoms with E-state index in [1.165, 1.54) is 25.7 Å². The molecule has 1 saturated heterocycles. The standard InChI is InChI=1S/C31H44NO3Si/c1-29(2,3)25-14-13-24-22-12-15-26-30(4,23(22)16-19-31(24,25)20-35-36(5)6)18-17-27(33)32(26)28(34)21-10-8-7-9-11-21/h7-11,15,22-25H,12-14,16-20H2,1-6H3/t22-,23+,24+,25-,30-,31-/m1/s1. The summed E-state index contributed by atoms with van der Waals surface area (Å²) in [5.41, 5.74) is 1.98. The van der Waals surface area contributed by atoms with E-state index in [1.807, 2.05) is 30.3 Å². The van der Waals surface area contributed by atoms with E-state index in [9.17, 15) is 9.59 Å². The summed E-state index contributed by atoms with van der Waals surface area (Å²) in [6.45, 7) is 15.1. The van der Waals surface area contributed by atoms with E-state index in [1.54, 1.807) is 4.90 Å². The van der Waals surface area contributed by atoms with Gasteiger partial charge in [0.1, 0.15) is 0 Å². The van der Waals surface area contributed by atoms with Crippen LogP contribution in [0.4, 0.5) is 0 Å². The van der Waals surface area contributed by atoms with Crippen LogP contribution >= 0.6 is 0 Å². The van der Waals surface area contributed by atoms with Crippen molar-refractivity contribution in [1.29, 1.82) is 0 Å². The maximum atomic E-state index is 13.6. The fourth-order valence-corrected chi connectivity index (χ4v) is 9.51. The van der Waals surface area contributed by atoms with Crippen molar-refractivity contribution in [3.8, 4) is 0 Å². The number of hydrogen-bond acceptors (Lipinski definition) is 3. The molecular weight excluding hydrogens is 462 g/mol. The van der Waals surface area contributed by atoms with E-state index in [0.717, 1.165) is 25.1 Å². The summed E-state index contributed by atoms with van der Waals surface area (Å²) in [5, 5.41) is 0. The summed E-state index contributed by atoms with van der Waals surface area (Å²) in [7, 11) is -0.746. The minimum absolute atomic E-state index is 0.0428. The minimum Gasteiger partial charge on any atom is -0.417 e. The van der Waals surface area contributed by atoms with Crippen LogP contribution in [0.25, 0.3) is 0 Å². The molecule has 0 aromatic heterocycles. The highest BCUT2D eigenvalue weighted by Crippen LogP contribution is 2.68. The van der Waals surface area contributed by atoms with E-state index in [-0.39, 0.29) is 28.1 Å². The third-order valence-electron chi connectivity index (χ3n) is 10.4. The van der Waals surface area contributed by atoms with Crippen LogP contribution in [-0.2, 0) is 9.22 Å². The van der Waals surface area contributed by atoms with Crippen molar-refractivity contribution < 1.29 is 14.0 Å². The van der Waals surface area contributed by atoms with Crippen molar-refractivity contribution in [3.63, 3.8) is 0 Å². The number of allylic oxidation sites excluding steroid dienone is 2. The molecule has 4 aliphatic rings. The Labute approximate surface area is 219 Å². The van der Waals surface area contributed by atoms with Crippen LogP contribution in [0.5, 0.6) is 0 Å². The van der Waals surface area contributed by atoms with Gasteiger partial charge in [0, 0.05) is 29.7 Å². The number of nitrogens with zero attached hydrogens (tertiary/aromatic N) is 1. The summed E-state index contributed by atoms with van der Waals surface area (Å²) in [5.74, 6) is 2.26. The van der Waals surface area contributed by atoms with Crippen LogP contribution in [0.2, 0.25) is 13.1 Å². The topological polar surface area (TPSA) is 46.6 Å². The highest BCUT2D eigenvalue weighted by atomic mass is 28.3. The smallest absolute Gasteiger partial charge is 0.264 e. The summed E-state index contributed by atoms with van der Waals surface area (Å²) >= 11 is 0. The summed E-state index contributed by atoms with van der Waals surface area (Å²) in [4.78, 5) is 28.3. The zero-order valence-electron chi connectivity index (χ0n) is 23.1. The van der Waals surface area contributed by atoms with Crippen molar-refractivity contribution in [2.24, 2.45) is 39.9 Å². The highest BCUT2D eigenvalue weighted by Gasteiger charge is 2.63. The van der Waals surface area contributed by atoms with Gasteiger partial charge in [-0.25, -0.2) is 0 Å². The molecule has 0 N–H and O–H groups in total. The van der Waals surface area contributed by atoms with Gasteiger partial charge in [-0.1, -0.05) is 52.0 Å². The average Bonchev–Trinajstić information content (AvgIpc) is 3.24. The van der Waals surface area contributed by atoms with Crippen molar-refractivity contribution in [1.82, 2.24) is 4.90 Å². The first-order valence-electron chi connectivity index (χ1n) is 14.0.